The third-order valence-electron chi connectivity index (χ3n) is 5.13. The number of nitrogens with zero attached hydrogens (tertiary/aromatic N) is 4. The number of nitro benzene ring substituents is 1. The molecule has 0 radical (unpaired) electrons. The number of anilines is 1. The molecule has 0 saturated heterocycles. The Kier molecular flexibility index (Phi) is 7.93. The predicted molar refractivity (Wildman–Crippen MR) is 132 cm³/mol. The van der Waals surface area contributed by atoms with Gasteiger partial charge in [0.15, 0.2) is 17.1 Å². The van der Waals surface area contributed by atoms with Gasteiger partial charge >= 0.3 is 0 Å². The molecular formula is C24H29N5O4S. The Labute approximate surface area is 203 Å². The Morgan fingerprint density at radius 1 is 1.21 bits per heavy atom. The van der Waals surface area contributed by atoms with Crippen molar-refractivity contribution in [2.24, 2.45) is 0 Å². The molecule has 1 N–H and O–H groups in total. The van der Waals surface area contributed by atoms with E-state index in [0.29, 0.717) is 23.2 Å². The Hall–Kier alpha value is -3.40. The van der Waals surface area contributed by atoms with Crippen molar-refractivity contribution in [2.45, 2.75) is 57.8 Å². The van der Waals surface area contributed by atoms with Gasteiger partial charge in [-0.3, -0.25) is 14.9 Å². The van der Waals surface area contributed by atoms with Crippen molar-refractivity contribution in [3.63, 3.8) is 0 Å². The maximum Gasteiger partial charge on any atom is 0.271 e. The molecule has 1 amide bonds. The molecule has 1 unspecified atom stereocenters. The number of hydrogen-bond donors (Lipinski definition) is 1. The Bertz CT molecular complexity index is 1150. The number of carbonyl (C=O) groups is 1. The van der Waals surface area contributed by atoms with Gasteiger partial charge < -0.3 is 14.6 Å². The van der Waals surface area contributed by atoms with Crippen molar-refractivity contribution in [2.75, 3.05) is 11.1 Å². The zero-order valence-corrected chi connectivity index (χ0v) is 20.8. The van der Waals surface area contributed by atoms with Crippen LogP contribution in [0.25, 0.3) is 0 Å². The smallest absolute Gasteiger partial charge is 0.271 e. The second-order valence-electron chi connectivity index (χ2n) is 8.76. The number of non-ortho nitro benzene ring substituents is 1. The van der Waals surface area contributed by atoms with Crippen molar-refractivity contribution in [3.8, 4) is 5.75 Å². The normalized spacial score (nSPS) is 12.3. The molecule has 0 spiro atoms. The van der Waals surface area contributed by atoms with Gasteiger partial charge in [0.2, 0.25) is 5.91 Å². The second-order valence-corrected chi connectivity index (χ2v) is 9.71. The molecule has 0 aliphatic rings. The SMILES string of the molecule is CCn1c(SCC(=O)Nc2cccc([N+](=O)[O-])c2)nnc1C(C)Oc1ccc(C(C)(C)C)cc1. The number of benzene rings is 2. The Morgan fingerprint density at radius 2 is 1.91 bits per heavy atom. The molecule has 2 aromatic carbocycles. The molecule has 9 nitrogen and oxygen atoms in total. The van der Waals surface area contributed by atoms with Crippen LogP contribution in [-0.2, 0) is 16.8 Å². The molecule has 0 bridgehead atoms. The van der Waals surface area contributed by atoms with E-state index in [0.717, 1.165) is 5.75 Å². The summed E-state index contributed by atoms with van der Waals surface area (Å²) in [6.07, 6.45) is -0.332. The minimum atomic E-state index is -0.502. The monoisotopic (exact) mass is 483 g/mol. The standard InChI is InChI=1S/C24H29N5O4S/c1-6-28-22(16(2)33-20-12-10-17(11-13-20)24(3,4)5)26-27-23(28)34-15-21(30)25-18-8-7-9-19(14-18)29(31)32/h7-14,16H,6,15H2,1-5H3,(H,25,30). The number of hydrogen-bond acceptors (Lipinski definition) is 7. The van der Waals surface area contributed by atoms with Gasteiger partial charge in [-0.15, -0.1) is 10.2 Å². The first kappa shape index (κ1) is 25.2. The third kappa shape index (κ3) is 6.34. The van der Waals surface area contributed by atoms with Gasteiger partial charge in [-0.05, 0) is 43.0 Å². The van der Waals surface area contributed by atoms with Crippen LogP contribution in [0.2, 0.25) is 0 Å². The van der Waals surface area contributed by atoms with Crippen LogP contribution in [0.15, 0.2) is 53.7 Å². The summed E-state index contributed by atoms with van der Waals surface area (Å²) in [4.78, 5) is 22.8. The van der Waals surface area contributed by atoms with Crippen LogP contribution in [0, 0.1) is 10.1 Å². The molecule has 3 aromatic rings. The first-order valence-electron chi connectivity index (χ1n) is 11.0. The predicted octanol–water partition coefficient (Wildman–Crippen LogP) is 5.37. The van der Waals surface area contributed by atoms with E-state index in [2.05, 4.69) is 48.4 Å². The van der Waals surface area contributed by atoms with Crippen molar-refractivity contribution in [3.05, 3.63) is 70.0 Å². The molecule has 180 valence electrons. The fourth-order valence-corrected chi connectivity index (χ4v) is 4.13. The number of aromatic nitrogens is 3. The molecule has 1 heterocycles. The number of amides is 1. The largest absolute Gasteiger partial charge is 0.483 e. The van der Waals surface area contributed by atoms with Crippen molar-refractivity contribution in [1.29, 1.82) is 0 Å². The van der Waals surface area contributed by atoms with Crippen molar-refractivity contribution in [1.82, 2.24) is 14.8 Å². The van der Waals surface area contributed by atoms with Crippen LogP contribution in [0.4, 0.5) is 11.4 Å². The highest BCUT2D eigenvalue weighted by Gasteiger charge is 2.20. The topological polar surface area (TPSA) is 112 Å². The van der Waals surface area contributed by atoms with Crippen LogP contribution < -0.4 is 10.1 Å². The van der Waals surface area contributed by atoms with E-state index in [1.807, 2.05) is 30.5 Å². The molecule has 3 rings (SSSR count). The number of rotatable bonds is 9. The minimum Gasteiger partial charge on any atom is -0.483 e. The van der Waals surface area contributed by atoms with E-state index in [-0.39, 0.29) is 28.9 Å². The lowest BCUT2D eigenvalue weighted by atomic mass is 9.87. The van der Waals surface area contributed by atoms with E-state index in [1.165, 1.54) is 35.5 Å². The highest BCUT2D eigenvalue weighted by Crippen LogP contribution is 2.28. The number of nitro groups is 1. The van der Waals surface area contributed by atoms with Crippen molar-refractivity contribution >= 4 is 29.0 Å². The van der Waals surface area contributed by atoms with Crippen LogP contribution in [0.3, 0.4) is 0 Å². The van der Waals surface area contributed by atoms with Gasteiger partial charge in [0, 0.05) is 24.4 Å². The molecule has 34 heavy (non-hydrogen) atoms. The summed E-state index contributed by atoms with van der Waals surface area (Å²) in [6, 6.07) is 13.9. The Balaban J connectivity index is 1.62. The van der Waals surface area contributed by atoms with Gasteiger partial charge in [0.05, 0.1) is 10.7 Å². The van der Waals surface area contributed by atoms with Crippen LogP contribution in [0.5, 0.6) is 5.75 Å². The van der Waals surface area contributed by atoms with Gasteiger partial charge in [0.1, 0.15) is 5.75 Å². The lowest BCUT2D eigenvalue weighted by Crippen LogP contribution is -2.15. The summed E-state index contributed by atoms with van der Waals surface area (Å²) in [5, 5.41) is 22.7. The lowest BCUT2D eigenvalue weighted by Gasteiger charge is -2.20. The van der Waals surface area contributed by atoms with Gasteiger partial charge in [-0.2, -0.15) is 0 Å². The molecule has 0 fully saturated rings. The van der Waals surface area contributed by atoms with Crippen LogP contribution in [0.1, 0.15) is 52.1 Å². The van der Waals surface area contributed by atoms with E-state index in [4.69, 9.17) is 4.74 Å². The molecule has 0 aliphatic heterocycles. The number of thioether (sulfide) groups is 1. The molecule has 0 saturated carbocycles. The van der Waals surface area contributed by atoms with E-state index >= 15 is 0 Å². The van der Waals surface area contributed by atoms with Gasteiger partial charge in [0.25, 0.3) is 5.69 Å². The van der Waals surface area contributed by atoms with Crippen molar-refractivity contribution < 1.29 is 14.5 Å². The minimum absolute atomic E-state index is 0.0696. The quantitative estimate of drug-likeness (QED) is 0.247. The first-order chi connectivity index (χ1) is 16.1. The van der Waals surface area contributed by atoms with E-state index in [1.54, 1.807) is 6.07 Å². The highest BCUT2D eigenvalue weighted by atomic mass is 32.2. The summed E-state index contributed by atoms with van der Waals surface area (Å²) in [5.41, 5.74) is 1.59. The lowest BCUT2D eigenvalue weighted by molar-refractivity contribution is -0.384. The zero-order chi connectivity index (χ0) is 24.9. The van der Waals surface area contributed by atoms with E-state index in [9.17, 15) is 14.9 Å². The second kappa shape index (κ2) is 10.7. The van der Waals surface area contributed by atoms with Crippen LogP contribution >= 0.6 is 11.8 Å². The summed E-state index contributed by atoms with van der Waals surface area (Å²) in [6.45, 7) is 11.0. The highest BCUT2D eigenvalue weighted by molar-refractivity contribution is 7.99. The van der Waals surface area contributed by atoms with E-state index < -0.39 is 4.92 Å². The number of carbonyl (C=O) groups excluding carboxylic acids is 1. The first-order valence-corrected chi connectivity index (χ1v) is 11.9. The molecule has 10 heteroatoms. The summed E-state index contributed by atoms with van der Waals surface area (Å²) in [5.74, 6) is 1.21. The number of ether oxygens (including phenoxy) is 1. The average Bonchev–Trinajstić information content (AvgIpc) is 3.20. The fourth-order valence-electron chi connectivity index (χ4n) is 3.32. The maximum atomic E-state index is 12.4. The summed E-state index contributed by atoms with van der Waals surface area (Å²) in [7, 11) is 0. The summed E-state index contributed by atoms with van der Waals surface area (Å²) >= 11 is 1.25. The molecular weight excluding hydrogens is 454 g/mol. The number of nitrogens with one attached hydrogen (secondary N) is 1. The zero-order valence-electron chi connectivity index (χ0n) is 19.9. The molecule has 1 atom stereocenters. The van der Waals surface area contributed by atoms with Gasteiger partial charge in [-0.25, -0.2) is 0 Å². The van der Waals surface area contributed by atoms with Gasteiger partial charge in [-0.1, -0.05) is 50.7 Å². The molecule has 1 aromatic heterocycles. The molecule has 0 aliphatic carbocycles. The fraction of sp³-hybridized carbons (Fsp3) is 0.375. The van der Waals surface area contributed by atoms with Crippen LogP contribution in [-0.4, -0.2) is 31.3 Å². The maximum absolute atomic E-state index is 12.4. The Morgan fingerprint density at radius 3 is 2.53 bits per heavy atom. The average molecular weight is 484 g/mol. The summed E-state index contributed by atoms with van der Waals surface area (Å²) < 4.78 is 8.01. The third-order valence-corrected chi connectivity index (χ3v) is 6.10.